The highest BCUT2D eigenvalue weighted by Gasteiger charge is 2.58. The Hall–Kier alpha value is -2.43. The van der Waals surface area contributed by atoms with Gasteiger partial charge >= 0.3 is 11.9 Å². The summed E-state index contributed by atoms with van der Waals surface area (Å²) in [5, 5.41) is 0. The summed E-state index contributed by atoms with van der Waals surface area (Å²) < 4.78 is 11.1. The molecule has 0 aromatic heterocycles. The number of hydrogen-bond acceptors (Lipinski definition) is 5. The molecule has 0 radical (unpaired) electrons. The van der Waals surface area contributed by atoms with E-state index >= 15 is 0 Å². The number of rotatable bonds is 3. The summed E-state index contributed by atoms with van der Waals surface area (Å²) >= 11 is 0. The summed E-state index contributed by atoms with van der Waals surface area (Å²) in [6.45, 7) is 5.94. The van der Waals surface area contributed by atoms with E-state index in [-0.39, 0.29) is 28.2 Å². The molecule has 1 aromatic carbocycles. The topological polar surface area (TPSA) is 69.7 Å². The molecule has 0 bridgehead atoms. The Morgan fingerprint density at radius 2 is 1.73 bits per heavy atom. The summed E-state index contributed by atoms with van der Waals surface area (Å²) in [5.41, 5.74) is 1.74. The molecular weight excluding hydrogens is 416 g/mol. The van der Waals surface area contributed by atoms with Crippen molar-refractivity contribution in [1.82, 2.24) is 0 Å². The van der Waals surface area contributed by atoms with Gasteiger partial charge in [-0.15, -0.1) is 0 Å². The van der Waals surface area contributed by atoms with Crippen LogP contribution in [0.15, 0.2) is 35.9 Å². The van der Waals surface area contributed by atoms with Crippen molar-refractivity contribution in [3.63, 3.8) is 0 Å². The van der Waals surface area contributed by atoms with Crippen LogP contribution in [0.2, 0.25) is 0 Å². The standard InChI is InChI=1S/C28H34O5/c1-17(29)32-24-7-5-4-6-21(24)26(31)33-19-12-14-27(2)18(16-19)8-9-20-22-10-11-25(30)28(22,3)15-13-23(20)27/h4-8,19-20,22-23H,9-16H2,1-3H3/t19-,20-,22-,23-,27-,28-/m0/s1. The lowest BCUT2D eigenvalue weighted by Gasteiger charge is -2.56. The minimum Gasteiger partial charge on any atom is -0.458 e. The van der Waals surface area contributed by atoms with Crippen LogP contribution >= 0.6 is 0 Å². The summed E-state index contributed by atoms with van der Waals surface area (Å²) in [6.07, 6.45) is 9.83. The SMILES string of the molecule is CC(=O)Oc1ccccc1C(=O)O[C@H]1CC[C@@]2(C)C(=CC[C@@H]3[C@@H]2CC[C@]2(C)C(=O)CC[C@@H]32)C1. The van der Waals surface area contributed by atoms with E-state index in [9.17, 15) is 14.4 Å². The molecule has 3 saturated carbocycles. The van der Waals surface area contributed by atoms with Crippen LogP contribution in [0.1, 0.15) is 82.5 Å². The Kier molecular flexibility index (Phi) is 5.49. The predicted molar refractivity (Wildman–Crippen MR) is 124 cm³/mol. The van der Waals surface area contributed by atoms with Crippen molar-refractivity contribution in [3.05, 3.63) is 41.5 Å². The van der Waals surface area contributed by atoms with Gasteiger partial charge in [-0.2, -0.15) is 0 Å². The second kappa shape index (κ2) is 8.11. The molecule has 0 saturated heterocycles. The summed E-state index contributed by atoms with van der Waals surface area (Å²) in [4.78, 5) is 36.9. The first-order chi connectivity index (χ1) is 15.7. The number of fused-ring (bicyclic) bond motifs is 5. The molecule has 3 fully saturated rings. The lowest BCUT2D eigenvalue weighted by atomic mass is 9.48. The summed E-state index contributed by atoms with van der Waals surface area (Å²) in [6, 6.07) is 6.73. The van der Waals surface area contributed by atoms with Crippen LogP contribution in [0.3, 0.4) is 0 Å². The van der Waals surface area contributed by atoms with Gasteiger partial charge < -0.3 is 9.47 Å². The highest BCUT2D eigenvalue weighted by Crippen LogP contribution is 2.64. The molecule has 1 aromatic rings. The normalized spacial score (nSPS) is 37.3. The molecule has 0 spiro atoms. The van der Waals surface area contributed by atoms with Crippen molar-refractivity contribution in [1.29, 1.82) is 0 Å². The minimum absolute atomic E-state index is 0.106. The van der Waals surface area contributed by atoms with Gasteiger partial charge in [0.2, 0.25) is 0 Å². The highest BCUT2D eigenvalue weighted by molar-refractivity contribution is 5.93. The fourth-order valence-corrected chi connectivity index (χ4v) is 7.59. The fourth-order valence-electron chi connectivity index (χ4n) is 7.59. The van der Waals surface area contributed by atoms with Crippen molar-refractivity contribution in [2.24, 2.45) is 28.6 Å². The maximum Gasteiger partial charge on any atom is 0.342 e. The first kappa shape index (κ1) is 22.4. The molecule has 0 unspecified atom stereocenters. The Morgan fingerprint density at radius 1 is 1.00 bits per heavy atom. The number of esters is 2. The lowest BCUT2D eigenvalue weighted by molar-refractivity contribution is -0.132. The zero-order valence-corrected chi connectivity index (χ0v) is 19.9. The van der Waals surface area contributed by atoms with E-state index in [1.165, 1.54) is 12.5 Å². The number of carbonyl (C=O) groups is 3. The van der Waals surface area contributed by atoms with Gasteiger partial charge in [0.05, 0.1) is 0 Å². The third-order valence-electron chi connectivity index (χ3n) is 9.40. The number of allylic oxidation sites excluding steroid dienone is 1. The molecule has 6 atom stereocenters. The predicted octanol–water partition coefficient (Wildman–Crippen LogP) is 5.67. The van der Waals surface area contributed by atoms with E-state index < -0.39 is 11.9 Å². The van der Waals surface area contributed by atoms with Crippen molar-refractivity contribution in [2.75, 3.05) is 0 Å². The Bertz CT molecular complexity index is 1020. The van der Waals surface area contributed by atoms with Gasteiger partial charge in [0.25, 0.3) is 0 Å². The van der Waals surface area contributed by atoms with Gasteiger partial charge in [0.1, 0.15) is 23.2 Å². The number of Topliss-reactive ketones (excluding diaryl/α,β-unsaturated/α-hetero) is 1. The van der Waals surface area contributed by atoms with Crippen LogP contribution in [0.5, 0.6) is 5.75 Å². The molecule has 33 heavy (non-hydrogen) atoms. The molecule has 0 aliphatic heterocycles. The van der Waals surface area contributed by atoms with Crippen LogP contribution in [-0.2, 0) is 14.3 Å². The summed E-state index contributed by atoms with van der Waals surface area (Å²) in [5.74, 6) is 1.56. The molecule has 5 heteroatoms. The first-order valence-electron chi connectivity index (χ1n) is 12.4. The van der Waals surface area contributed by atoms with Gasteiger partial charge in [0.15, 0.2) is 0 Å². The maximum atomic E-state index is 12.9. The largest absolute Gasteiger partial charge is 0.458 e. The molecule has 5 nitrogen and oxygen atoms in total. The molecule has 0 heterocycles. The maximum absolute atomic E-state index is 12.9. The first-order valence-corrected chi connectivity index (χ1v) is 12.4. The number of para-hydroxylation sites is 1. The Labute approximate surface area is 195 Å². The van der Waals surface area contributed by atoms with E-state index in [4.69, 9.17) is 9.47 Å². The zero-order valence-electron chi connectivity index (χ0n) is 19.9. The molecule has 0 amide bonds. The third kappa shape index (κ3) is 3.64. The molecule has 5 rings (SSSR count). The Morgan fingerprint density at radius 3 is 2.52 bits per heavy atom. The molecule has 176 valence electrons. The minimum atomic E-state index is -0.460. The second-order valence-corrected chi connectivity index (χ2v) is 11.0. The number of ketones is 1. The van der Waals surface area contributed by atoms with Gasteiger partial charge in [0, 0.05) is 25.2 Å². The van der Waals surface area contributed by atoms with E-state index in [1.54, 1.807) is 24.3 Å². The zero-order chi connectivity index (χ0) is 23.4. The van der Waals surface area contributed by atoms with Gasteiger partial charge in [-0.25, -0.2) is 4.79 Å². The number of ether oxygens (including phenoxy) is 2. The number of hydrogen-bond donors (Lipinski definition) is 0. The third-order valence-corrected chi connectivity index (χ3v) is 9.40. The van der Waals surface area contributed by atoms with Crippen molar-refractivity contribution in [3.8, 4) is 5.75 Å². The average Bonchev–Trinajstić information content (AvgIpc) is 3.08. The van der Waals surface area contributed by atoms with Gasteiger partial charge in [-0.1, -0.05) is 37.6 Å². The van der Waals surface area contributed by atoms with Crippen molar-refractivity contribution < 1.29 is 23.9 Å². The second-order valence-electron chi connectivity index (χ2n) is 11.0. The molecule has 0 N–H and O–H groups in total. The van der Waals surface area contributed by atoms with E-state index in [0.29, 0.717) is 23.5 Å². The fraction of sp³-hybridized carbons (Fsp3) is 0.607. The number of carbonyl (C=O) groups excluding carboxylic acids is 3. The quantitative estimate of drug-likeness (QED) is 0.337. The van der Waals surface area contributed by atoms with Crippen LogP contribution < -0.4 is 4.74 Å². The van der Waals surface area contributed by atoms with Crippen LogP contribution in [0.4, 0.5) is 0 Å². The molecular formula is C28H34O5. The van der Waals surface area contributed by atoms with Gasteiger partial charge in [-0.05, 0) is 73.8 Å². The van der Waals surface area contributed by atoms with Crippen LogP contribution in [-0.4, -0.2) is 23.8 Å². The monoisotopic (exact) mass is 450 g/mol. The van der Waals surface area contributed by atoms with Gasteiger partial charge in [-0.3, -0.25) is 9.59 Å². The van der Waals surface area contributed by atoms with E-state index in [1.807, 2.05) is 0 Å². The lowest BCUT2D eigenvalue weighted by Crippen LogP contribution is -2.50. The molecule has 4 aliphatic carbocycles. The molecule has 4 aliphatic rings. The van der Waals surface area contributed by atoms with Crippen molar-refractivity contribution >= 4 is 17.7 Å². The smallest absolute Gasteiger partial charge is 0.342 e. The highest BCUT2D eigenvalue weighted by atomic mass is 16.6. The van der Waals surface area contributed by atoms with Crippen LogP contribution in [0.25, 0.3) is 0 Å². The summed E-state index contributed by atoms with van der Waals surface area (Å²) in [7, 11) is 0. The average molecular weight is 451 g/mol. The number of benzene rings is 1. The van der Waals surface area contributed by atoms with E-state index in [2.05, 4.69) is 19.9 Å². The van der Waals surface area contributed by atoms with Crippen LogP contribution in [0, 0.1) is 28.6 Å². The van der Waals surface area contributed by atoms with E-state index in [0.717, 1.165) is 51.4 Å². The Balaban J connectivity index is 1.31. The van der Waals surface area contributed by atoms with Crippen molar-refractivity contribution in [2.45, 2.75) is 78.2 Å².